The van der Waals surface area contributed by atoms with Crippen LogP contribution in [0.1, 0.15) is 31.7 Å². The summed E-state index contributed by atoms with van der Waals surface area (Å²) in [5, 5.41) is 3.31. The van der Waals surface area contributed by atoms with E-state index in [1.165, 1.54) is 6.42 Å². The van der Waals surface area contributed by atoms with E-state index in [4.69, 9.17) is 14.2 Å². The van der Waals surface area contributed by atoms with Crippen molar-refractivity contribution in [2.24, 2.45) is 0 Å². The highest BCUT2D eigenvalue weighted by atomic mass is 16.6. The Labute approximate surface area is 143 Å². The Balaban J connectivity index is 1.62. The molecule has 1 fully saturated rings. The standard InChI is InChI=1S/C18H26N2O4/c1-13(18(21)20-6-4-3-5-7-20)19-12-14-10-15(22-2)17-16(11-14)23-8-9-24-17/h10-11,13,19H,3-9,12H2,1-2H3/t13-/m0/s1. The summed E-state index contributed by atoms with van der Waals surface area (Å²) in [5.74, 6) is 2.20. The summed E-state index contributed by atoms with van der Waals surface area (Å²) in [7, 11) is 1.62. The van der Waals surface area contributed by atoms with Crippen LogP contribution in [0.4, 0.5) is 0 Å². The first kappa shape index (κ1) is 16.9. The number of rotatable bonds is 5. The van der Waals surface area contributed by atoms with E-state index < -0.39 is 0 Å². The van der Waals surface area contributed by atoms with Gasteiger partial charge in [0.2, 0.25) is 11.7 Å². The van der Waals surface area contributed by atoms with E-state index in [9.17, 15) is 4.79 Å². The Morgan fingerprint density at radius 2 is 2.00 bits per heavy atom. The number of likely N-dealkylation sites (tertiary alicyclic amines) is 1. The van der Waals surface area contributed by atoms with Gasteiger partial charge < -0.3 is 24.4 Å². The maximum Gasteiger partial charge on any atom is 0.239 e. The summed E-state index contributed by atoms with van der Waals surface area (Å²) in [5.41, 5.74) is 1.01. The zero-order chi connectivity index (χ0) is 16.9. The molecule has 0 radical (unpaired) electrons. The van der Waals surface area contributed by atoms with E-state index in [0.29, 0.717) is 37.0 Å². The van der Waals surface area contributed by atoms with Gasteiger partial charge in [-0.3, -0.25) is 4.79 Å². The number of carbonyl (C=O) groups is 1. The van der Waals surface area contributed by atoms with Gasteiger partial charge in [0.15, 0.2) is 11.5 Å². The fraction of sp³-hybridized carbons (Fsp3) is 0.611. The number of hydrogen-bond acceptors (Lipinski definition) is 5. The van der Waals surface area contributed by atoms with E-state index in [2.05, 4.69) is 5.32 Å². The highest BCUT2D eigenvalue weighted by Gasteiger charge is 2.22. The van der Waals surface area contributed by atoms with Crippen LogP contribution in [0.15, 0.2) is 12.1 Å². The van der Waals surface area contributed by atoms with Crippen LogP contribution in [0.3, 0.4) is 0 Å². The molecule has 3 rings (SSSR count). The highest BCUT2D eigenvalue weighted by molar-refractivity contribution is 5.81. The Morgan fingerprint density at radius 1 is 1.25 bits per heavy atom. The predicted molar refractivity (Wildman–Crippen MR) is 90.7 cm³/mol. The van der Waals surface area contributed by atoms with Crippen molar-refractivity contribution in [1.82, 2.24) is 10.2 Å². The van der Waals surface area contributed by atoms with Gasteiger partial charge in [-0.25, -0.2) is 0 Å². The van der Waals surface area contributed by atoms with Crippen molar-refractivity contribution in [3.05, 3.63) is 17.7 Å². The molecule has 0 saturated carbocycles. The quantitative estimate of drug-likeness (QED) is 0.892. The molecule has 2 aliphatic heterocycles. The van der Waals surface area contributed by atoms with Crippen molar-refractivity contribution in [2.45, 2.75) is 38.8 Å². The number of nitrogens with one attached hydrogen (secondary N) is 1. The smallest absolute Gasteiger partial charge is 0.239 e. The fourth-order valence-electron chi connectivity index (χ4n) is 3.18. The molecule has 2 heterocycles. The Hall–Kier alpha value is -1.95. The molecule has 132 valence electrons. The number of piperidine rings is 1. The average Bonchev–Trinajstić information content (AvgIpc) is 2.65. The van der Waals surface area contributed by atoms with Crippen LogP contribution in [0, 0.1) is 0 Å². The van der Waals surface area contributed by atoms with Gasteiger partial charge in [0.1, 0.15) is 13.2 Å². The predicted octanol–water partition coefficient (Wildman–Crippen LogP) is 1.96. The second-order valence-electron chi connectivity index (χ2n) is 6.31. The van der Waals surface area contributed by atoms with Crippen molar-refractivity contribution in [3.8, 4) is 17.2 Å². The summed E-state index contributed by atoms with van der Waals surface area (Å²) in [6.45, 7) is 5.32. The van der Waals surface area contributed by atoms with Gasteiger partial charge in [0.05, 0.1) is 13.2 Å². The van der Waals surface area contributed by atoms with Gasteiger partial charge in [-0.05, 0) is 43.9 Å². The number of carbonyl (C=O) groups excluding carboxylic acids is 1. The van der Waals surface area contributed by atoms with Crippen LogP contribution in [-0.4, -0.2) is 50.3 Å². The molecule has 24 heavy (non-hydrogen) atoms. The van der Waals surface area contributed by atoms with Crippen LogP contribution in [0.5, 0.6) is 17.2 Å². The van der Waals surface area contributed by atoms with Crippen molar-refractivity contribution >= 4 is 5.91 Å². The average molecular weight is 334 g/mol. The number of fused-ring (bicyclic) bond motifs is 1. The van der Waals surface area contributed by atoms with Gasteiger partial charge in [-0.1, -0.05) is 0 Å². The molecule has 1 amide bonds. The van der Waals surface area contributed by atoms with E-state index in [1.807, 2.05) is 24.0 Å². The lowest BCUT2D eigenvalue weighted by molar-refractivity contribution is -0.133. The zero-order valence-corrected chi connectivity index (χ0v) is 14.5. The Morgan fingerprint density at radius 3 is 2.75 bits per heavy atom. The van der Waals surface area contributed by atoms with Crippen LogP contribution in [0.2, 0.25) is 0 Å². The minimum absolute atomic E-state index is 0.180. The zero-order valence-electron chi connectivity index (χ0n) is 14.5. The topological polar surface area (TPSA) is 60.0 Å². The molecule has 0 spiro atoms. The monoisotopic (exact) mass is 334 g/mol. The summed E-state index contributed by atoms with van der Waals surface area (Å²) < 4.78 is 16.7. The molecule has 0 aliphatic carbocycles. The van der Waals surface area contributed by atoms with Crippen molar-refractivity contribution in [3.63, 3.8) is 0 Å². The number of nitrogens with zero attached hydrogens (tertiary/aromatic N) is 1. The number of hydrogen-bond donors (Lipinski definition) is 1. The minimum atomic E-state index is -0.206. The third-order valence-electron chi connectivity index (χ3n) is 4.54. The molecule has 0 aromatic heterocycles. The molecule has 0 unspecified atom stereocenters. The molecule has 0 bridgehead atoms. The summed E-state index contributed by atoms with van der Waals surface area (Å²) in [4.78, 5) is 14.4. The second kappa shape index (κ2) is 7.75. The van der Waals surface area contributed by atoms with E-state index >= 15 is 0 Å². The lowest BCUT2D eigenvalue weighted by Crippen LogP contribution is -2.46. The maximum atomic E-state index is 12.5. The molecular formula is C18H26N2O4. The lowest BCUT2D eigenvalue weighted by Gasteiger charge is -2.29. The van der Waals surface area contributed by atoms with Gasteiger partial charge in [-0.2, -0.15) is 0 Å². The highest BCUT2D eigenvalue weighted by Crippen LogP contribution is 2.40. The SMILES string of the molecule is COc1cc(CN[C@@H](C)C(=O)N2CCCCC2)cc2c1OCCO2. The van der Waals surface area contributed by atoms with E-state index in [-0.39, 0.29) is 11.9 Å². The molecule has 6 heteroatoms. The molecule has 1 aromatic rings. The summed E-state index contributed by atoms with van der Waals surface area (Å²) in [6, 6.07) is 3.67. The van der Waals surface area contributed by atoms with Gasteiger partial charge in [0.25, 0.3) is 0 Å². The molecule has 1 saturated heterocycles. The molecule has 6 nitrogen and oxygen atoms in total. The van der Waals surface area contributed by atoms with Crippen LogP contribution < -0.4 is 19.5 Å². The Bertz CT molecular complexity index is 567. The third kappa shape index (κ3) is 3.75. The Kier molecular flexibility index (Phi) is 5.45. The van der Waals surface area contributed by atoms with Crippen LogP contribution >= 0.6 is 0 Å². The van der Waals surface area contributed by atoms with E-state index in [1.54, 1.807) is 7.11 Å². The summed E-state index contributed by atoms with van der Waals surface area (Å²) in [6.07, 6.45) is 3.44. The normalized spacial score (nSPS) is 18.2. The first-order chi connectivity index (χ1) is 11.7. The number of methoxy groups -OCH3 is 1. The van der Waals surface area contributed by atoms with Crippen molar-refractivity contribution in [1.29, 1.82) is 0 Å². The second-order valence-corrected chi connectivity index (χ2v) is 6.31. The van der Waals surface area contributed by atoms with Gasteiger partial charge in [-0.15, -0.1) is 0 Å². The van der Waals surface area contributed by atoms with Crippen molar-refractivity contribution in [2.75, 3.05) is 33.4 Å². The first-order valence-electron chi connectivity index (χ1n) is 8.67. The largest absolute Gasteiger partial charge is 0.493 e. The van der Waals surface area contributed by atoms with Gasteiger partial charge in [0, 0.05) is 19.6 Å². The first-order valence-corrected chi connectivity index (χ1v) is 8.67. The number of amides is 1. The summed E-state index contributed by atoms with van der Waals surface area (Å²) >= 11 is 0. The molecule has 1 aromatic carbocycles. The lowest BCUT2D eigenvalue weighted by atomic mass is 10.1. The maximum absolute atomic E-state index is 12.5. The minimum Gasteiger partial charge on any atom is -0.493 e. The molecule has 1 atom stereocenters. The third-order valence-corrected chi connectivity index (χ3v) is 4.54. The van der Waals surface area contributed by atoms with Crippen LogP contribution in [-0.2, 0) is 11.3 Å². The van der Waals surface area contributed by atoms with Crippen LogP contribution in [0.25, 0.3) is 0 Å². The number of benzene rings is 1. The van der Waals surface area contributed by atoms with Gasteiger partial charge >= 0.3 is 0 Å². The number of ether oxygens (including phenoxy) is 3. The molecule has 1 N–H and O–H groups in total. The van der Waals surface area contributed by atoms with E-state index in [0.717, 1.165) is 31.5 Å². The fourth-order valence-corrected chi connectivity index (χ4v) is 3.18. The van der Waals surface area contributed by atoms with Crippen molar-refractivity contribution < 1.29 is 19.0 Å². The molecular weight excluding hydrogens is 308 g/mol. The molecule has 2 aliphatic rings.